The number of rotatable bonds is 8. The van der Waals surface area contributed by atoms with E-state index in [0.717, 1.165) is 29.8 Å². The molecule has 0 spiro atoms. The maximum atomic E-state index is 12.5. The summed E-state index contributed by atoms with van der Waals surface area (Å²) in [6.45, 7) is 0.382. The first-order valence-corrected chi connectivity index (χ1v) is 11.3. The fourth-order valence-electron chi connectivity index (χ4n) is 4.27. The lowest BCUT2D eigenvalue weighted by atomic mass is 10.1. The van der Waals surface area contributed by atoms with Crippen molar-refractivity contribution >= 4 is 11.4 Å². The largest absolute Gasteiger partial charge is 0.493 e. The fraction of sp³-hybridized carbons (Fsp3) is 0.280. The molecule has 1 aliphatic carbocycles. The molecule has 2 aromatic carbocycles. The van der Waals surface area contributed by atoms with Gasteiger partial charge >= 0.3 is 0 Å². The molecule has 9 heteroatoms. The number of benzene rings is 2. The van der Waals surface area contributed by atoms with E-state index >= 15 is 0 Å². The van der Waals surface area contributed by atoms with Gasteiger partial charge in [-0.3, -0.25) is 4.79 Å². The van der Waals surface area contributed by atoms with Crippen molar-refractivity contribution in [2.45, 2.75) is 38.3 Å². The van der Waals surface area contributed by atoms with Crippen LogP contribution in [-0.2, 0) is 6.54 Å². The number of tetrazole rings is 1. The summed E-state index contributed by atoms with van der Waals surface area (Å²) in [5.41, 5.74) is 3.18. The maximum absolute atomic E-state index is 12.5. The first kappa shape index (κ1) is 21.7. The van der Waals surface area contributed by atoms with Crippen LogP contribution in [0.2, 0.25) is 0 Å². The van der Waals surface area contributed by atoms with Crippen LogP contribution in [0.1, 0.15) is 31.2 Å². The normalized spacial score (nSPS) is 13.7. The Kier molecular flexibility index (Phi) is 6.24. The molecule has 9 nitrogen and oxygen atoms in total. The summed E-state index contributed by atoms with van der Waals surface area (Å²) in [7, 11) is 1.65. The smallest absolute Gasteiger partial charge is 0.252 e. The van der Waals surface area contributed by atoms with E-state index in [4.69, 9.17) is 9.47 Å². The Morgan fingerprint density at radius 2 is 1.82 bits per heavy atom. The van der Waals surface area contributed by atoms with E-state index in [0.29, 0.717) is 29.4 Å². The van der Waals surface area contributed by atoms with E-state index in [2.05, 4.69) is 30.5 Å². The Hall–Kier alpha value is -4.14. The first-order chi connectivity index (χ1) is 16.7. The Balaban J connectivity index is 1.52. The van der Waals surface area contributed by atoms with Gasteiger partial charge in [0, 0.05) is 34.8 Å². The van der Waals surface area contributed by atoms with Gasteiger partial charge in [-0.25, -0.2) is 0 Å². The van der Waals surface area contributed by atoms with Crippen molar-refractivity contribution in [2.75, 3.05) is 12.0 Å². The summed E-state index contributed by atoms with van der Waals surface area (Å²) in [6, 6.07) is 17.4. The minimum atomic E-state index is -0.119. The van der Waals surface area contributed by atoms with Gasteiger partial charge in [0.05, 0.1) is 19.8 Å². The summed E-state index contributed by atoms with van der Waals surface area (Å²) < 4.78 is 11.9. The summed E-state index contributed by atoms with van der Waals surface area (Å²) in [6.07, 6.45) is 6.30. The molecule has 0 aliphatic heterocycles. The number of nitrogens with zero attached hydrogens (tertiary/aromatic N) is 4. The maximum Gasteiger partial charge on any atom is 0.252 e. The molecule has 2 heterocycles. The Bertz CT molecular complexity index is 1280. The highest BCUT2D eigenvalue weighted by atomic mass is 16.5. The van der Waals surface area contributed by atoms with Gasteiger partial charge in [0.25, 0.3) is 5.56 Å². The van der Waals surface area contributed by atoms with Crippen molar-refractivity contribution < 1.29 is 9.47 Å². The van der Waals surface area contributed by atoms with Crippen LogP contribution in [0.4, 0.5) is 11.4 Å². The summed E-state index contributed by atoms with van der Waals surface area (Å²) in [5.74, 6) is 1.93. The average molecular weight is 459 g/mol. The standard InChI is InChI=1S/C25H26N6O3/c1-33-22-13-12-20(15-23(22)34-21-6-2-3-7-21)31(16-18-5-4-14-26-25(18)32)19-10-8-17(9-11-19)24-27-29-30-28-24/h4-5,8-15,21H,2-3,6-7,16H2,1H3,(H,26,32)(H,27,28,29,30). The number of anilines is 2. The van der Waals surface area contributed by atoms with Crippen molar-refractivity contribution in [1.29, 1.82) is 0 Å². The zero-order valence-electron chi connectivity index (χ0n) is 18.9. The average Bonchev–Trinajstić information content (AvgIpc) is 3.59. The summed E-state index contributed by atoms with van der Waals surface area (Å²) in [5, 5.41) is 14.2. The minimum Gasteiger partial charge on any atom is -0.493 e. The SMILES string of the molecule is COc1ccc(N(Cc2ccc[nH]c2=O)c2ccc(-c3nn[nH]n3)cc2)cc1OC1CCCC1. The molecular weight excluding hydrogens is 432 g/mol. The number of nitrogens with one attached hydrogen (secondary N) is 2. The molecule has 0 radical (unpaired) electrons. The zero-order chi connectivity index (χ0) is 23.3. The number of methoxy groups -OCH3 is 1. The van der Waals surface area contributed by atoms with Crippen LogP contribution in [-0.4, -0.2) is 38.8 Å². The highest BCUT2D eigenvalue weighted by Crippen LogP contribution is 2.38. The second-order valence-corrected chi connectivity index (χ2v) is 8.25. The predicted molar refractivity (Wildman–Crippen MR) is 128 cm³/mol. The molecule has 4 aromatic rings. The van der Waals surface area contributed by atoms with Gasteiger partial charge in [0.2, 0.25) is 5.82 Å². The molecule has 5 rings (SSSR count). The monoisotopic (exact) mass is 458 g/mol. The molecule has 0 atom stereocenters. The van der Waals surface area contributed by atoms with Gasteiger partial charge in [-0.15, -0.1) is 10.2 Å². The molecule has 0 amide bonds. The first-order valence-electron chi connectivity index (χ1n) is 11.3. The second-order valence-electron chi connectivity index (χ2n) is 8.25. The van der Waals surface area contributed by atoms with Gasteiger partial charge in [-0.1, -0.05) is 6.07 Å². The molecule has 1 saturated carbocycles. The molecule has 174 valence electrons. The zero-order valence-corrected chi connectivity index (χ0v) is 18.9. The molecule has 0 unspecified atom stereocenters. The molecule has 34 heavy (non-hydrogen) atoms. The summed E-state index contributed by atoms with van der Waals surface area (Å²) >= 11 is 0. The van der Waals surface area contributed by atoms with E-state index in [-0.39, 0.29) is 11.7 Å². The van der Waals surface area contributed by atoms with E-state index in [1.807, 2.05) is 54.6 Å². The Labute approximate surface area is 196 Å². The van der Waals surface area contributed by atoms with Crippen LogP contribution in [0.15, 0.2) is 65.6 Å². The van der Waals surface area contributed by atoms with Gasteiger partial charge in [-0.2, -0.15) is 5.21 Å². The number of pyridine rings is 1. The molecule has 0 bridgehead atoms. The van der Waals surface area contributed by atoms with Crippen molar-refractivity contribution in [3.8, 4) is 22.9 Å². The number of hydrogen-bond acceptors (Lipinski definition) is 7. The third-order valence-corrected chi connectivity index (χ3v) is 6.07. The highest BCUT2D eigenvalue weighted by Gasteiger charge is 2.20. The Morgan fingerprint density at radius 1 is 1.03 bits per heavy atom. The van der Waals surface area contributed by atoms with Gasteiger partial charge in [0.15, 0.2) is 11.5 Å². The molecule has 1 fully saturated rings. The fourth-order valence-corrected chi connectivity index (χ4v) is 4.27. The summed E-state index contributed by atoms with van der Waals surface area (Å²) in [4.78, 5) is 17.3. The predicted octanol–water partition coefficient (Wildman–Crippen LogP) is 4.22. The van der Waals surface area contributed by atoms with E-state index in [1.165, 1.54) is 12.8 Å². The molecule has 0 saturated heterocycles. The molecule has 2 aromatic heterocycles. The number of H-pyrrole nitrogens is 2. The van der Waals surface area contributed by atoms with Crippen LogP contribution in [0.25, 0.3) is 11.4 Å². The van der Waals surface area contributed by atoms with Crippen LogP contribution in [0.5, 0.6) is 11.5 Å². The Morgan fingerprint density at radius 3 is 2.53 bits per heavy atom. The molecule has 1 aliphatic rings. The van der Waals surface area contributed by atoms with Crippen LogP contribution in [0.3, 0.4) is 0 Å². The number of aromatic nitrogens is 5. The van der Waals surface area contributed by atoms with Crippen LogP contribution in [0, 0.1) is 0 Å². The van der Waals surface area contributed by atoms with Crippen molar-refractivity contribution in [2.24, 2.45) is 0 Å². The van der Waals surface area contributed by atoms with Crippen molar-refractivity contribution in [3.63, 3.8) is 0 Å². The van der Waals surface area contributed by atoms with Gasteiger partial charge in [-0.05, 0) is 73.4 Å². The third kappa shape index (κ3) is 4.63. The van der Waals surface area contributed by atoms with E-state index < -0.39 is 0 Å². The van der Waals surface area contributed by atoms with Crippen molar-refractivity contribution in [3.05, 3.63) is 76.7 Å². The lowest BCUT2D eigenvalue weighted by Crippen LogP contribution is -2.22. The topological polar surface area (TPSA) is 109 Å². The van der Waals surface area contributed by atoms with Gasteiger partial charge in [0.1, 0.15) is 0 Å². The molecular formula is C25H26N6O3. The molecule has 2 N–H and O–H groups in total. The lowest BCUT2D eigenvalue weighted by Gasteiger charge is -2.26. The van der Waals surface area contributed by atoms with E-state index in [9.17, 15) is 4.79 Å². The second kappa shape index (κ2) is 9.78. The lowest BCUT2D eigenvalue weighted by molar-refractivity contribution is 0.201. The minimum absolute atomic E-state index is 0.119. The van der Waals surface area contributed by atoms with Crippen molar-refractivity contribution in [1.82, 2.24) is 25.6 Å². The van der Waals surface area contributed by atoms with Crippen LogP contribution < -0.4 is 19.9 Å². The number of ether oxygens (including phenoxy) is 2. The quantitative estimate of drug-likeness (QED) is 0.407. The number of aromatic amines is 2. The number of hydrogen-bond donors (Lipinski definition) is 2. The van der Waals surface area contributed by atoms with Gasteiger partial charge < -0.3 is 19.4 Å². The highest BCUT2D eigenvalue weighted by molar-refractivity contribution is 5.69. The van der Waals surface area contributed by atoms with Crippen LogP contribution >= 0.6 is 0 Å². The third-order valence-electron chi connectivity index (χ3n) is 6.07. The van der Waals surface area contributed by atoms with E-state index in [1.54, 1.807) is 13.3 Å².